The molecule has 0 bridgehead atoms. The lowest BCUT2D eigenvalue weighted by molar-refractivity contribution is 0.355. The lowest BCUT2D eigenvalue weighted by Gasteiger charge is -2.13. The van der Waals surface area contributed by atoms with Crippen molar-refractivity contribution in [3.8, 4) is 34.1 Å². The minimum Gasteiger partial charge on any atom is -0.504 e. The molecule has 0 spiro atoms. The third kappa shape index (κ3) is 3.65. The van der Waals surface area contributed by atoms with E-state index in [1.165, 1.54) is 13.4 Å². The van der Waals surface area contributed by atoms with Crippen molar-refractivity contribution in [2.45, 2.75) is 0 Å². The predicted octanol–water partition coefficient (Wildman–Crippen LogP) is 4.77. The summed E-state index contributed by atoms with van der Waals surface area (Å²) >= 11 is 0. The highest BCUT2D eigenvalue weighted by Gasteiger charge is 2.10. The quantitative estimate of drug-likeness (QED) is 0.479. The molecule has 0 aliphatic rings. The number of anilines is 2. The molecule has 0 amide bonds. The molecule has 152 valence electrons. The van der Waals surface area contributed by atoms with Crippen molar-refractivity contribution >= 4 is 22.4 Å². The van der Waals surface area contributed by atoms with Crippen molar-refractivity contribution in [1.29, 1.82) is 0 Å². The summed E-state index contributed by atoms with van der Waals surface area (Å²) in [5.74, 6) is 2.46. The lowest BCUT2D eigenvalue weighted by Crippen LogP contribution is -1.98. The first-order valence-corrected chi connectivity index (χ1v) is 9.24. The van der Waals surface area contributed by atoms with Crippen LogP contribution in [-0.4, -0.2) is 36.4 Å². The van der Waals surface area contributed by atoms with Crippen molar-refractivity contribution < 1.29 is 19.3 Å². The number of phenols is 1. The Morgan fingerprint density at radius 2 is 1.47 bits per heavy atom. The molecule has 30 heavy (non-hydrogen) atoms. The topological polar surface area (TPSA) is 85.7 Å². The molecule has 0 aliphatic carbocycles. The zero-order valence-electron chi connectivity index (χ0n) is 16.8. The van der Waals surface area contributed by atoms with Crippen LogP contribution < -0.4 is 19.5 Å². The van der Waals surface area contributed by atoms with Gasteiger partial charge in [-0.25, -0.2) is 9.97 Å². The predicted molar refractivity (Wildman–Crippen MR) is 116 cm³/mol. The second-order valence-corrected chi connectivity index (χ2v) is 6.54. The zero-order valence-corrected chi connectivity index (χ0v) is 16.8. The Morgan fingerprint density at radius 1 is 0.733 bits per heavy atom. The second-order valence-electron chi connectivity index (χ2n) is 6.54. The average Bonchev–Trinajstić information content (AvgIpc) is 2.79. The summed E-state index contributed by atoms with van der Waals surface area (Å²) in [6.07, 6.45) is 1.52. The van der Waals surface area contributed by atoms with E-state index in [9.17, 15) is 5.11 Å². The highest BCUT2D eigenvalue weighted by atomic mass is 16.5. The third-order valence-electron chi connectivity index (χ3n) is 4.79. The summed E-state index contributed by atoms with van der Waals surface area (Å²) in [7, 11) is 4.72. The minimum atomic E-state index is 0.0983. The van der Waals surface area contributed by atoms with Crippen LogP contribution >= 0.6 is 0 Å². The van der Waals surface area contributed by atoms with Gasteiger partial charge in [-0.15, -0.1) is 0 Å². The molecule has 1 aromatic heterocycles. The monoisotopic (exact) mass is 403 g/mol. The van der Waals surface area contributed by atoms with E-state index in [0.717, 1.165) is 27.7 Å². The molecule has 0 atom stereocenters. The van der Waals surface area contributed by atoms with Crippen molar-refractivity contribution in [3.63, 3.8) is 0 Å². The summed E-state index contributed by atoms with van der Waals surface area (Å²) in [5, 5.41) is 14.1. The van der Waals surface area contributed by atoms with Crippen LogP contribution in [-0.2, 0) is 0 Å². The van der Waals surface area contributed by atoms with Gasteiger partial charge >= 0.3 is 0 Å². The molecule has 1 heterocycles. The number of aromatic hydroxyl groups is 1. The van der Waals surface area contributed by atoms with Gasteiger partial charge in [0.25, 0.3) is 0 Å². The summed E-state index contributed by atoms with van der Waals surface area (Å²) in [4.78, 5) is 8.79. The molecule has 0 saturated heterocycles. The van der Waals surface area contributed by atoms with Gasteiger partial charge in [0, 0.05) is 17.1 Å². The molecule has 7 nitrogen and oxygen atoms in total. The number of fused-ring (bicyclic) bond motifs is 1. The van der Waals surface area contributed by atoms with Gasteiger partial charge in [0.2, 0.25) is 0 Å². The van der Waals surface area contributed by atoms with Crippen molar-refractivity contribution in [1.82, 2.24) is 9.97 Å². The van der Waals surface area contributed by atoms with E-state index in [2.05, 4.69) is 15.3 Å². The Hall–Kier alpha value is -4.00. The number of aromatic nitrogens is 2. The van der Waals surface area contributed by atoms with Gasteiger partial charge < -0.3 is 24.6 Å². The minimum absolute atomic E-state index is 0.0983. The molecule has 0 radical (unpaired) electrons. The number of nitrogens with one attached hydrogen (secondary N) is 1. The van der Waals surface area contributed by atoms with Crippen molar-refractivity contribution in [3.05, 3.63) is 60.9 Å². The Bertz CT molecular complexity index is 1210. The van der Waals surface area contributed by atoms with Crippen LogP contribution in [0.5, 0.6) is 23.0 Å². The first kappa shape index (κ1) is 19.3. The molecular weight excluding hydrogens is 382 g/mol. The number of nitrogens with zero attached hydrogens (tertiary/aromatic N) is 2. The Balaban J connectivity index is 1.75. The molecule has 7 heteroatoms. The van der Waals surface area contributed by atoms with Gasteiger partial charge in [-0.3, -0.25) is 0 Å². The van der Waals surface area contributed by atoms with Gasteiger partial charge in [-0.1, -0.05) is 12.1 Å². The van der Waals surface area contributed by atoms with Crippen LogP contribution in [0, 0.1) is 0 Å². The normalized spacial score (nSPS) is 10.6. The van der Waals surface area contributed by atoms with Gasteiger partial charge in [0.05, 0.1) is 26.8 Å². The highest BCUT2D eigenvalue weighted by molar-refractivity contribution is 5.94. The van der Waals surface area contributed by atoms with E-state index < -0.39 is 0 Å². The molecule has 0 fully saturated rings. The molecule has 3 aromatic carbocycles. The van der Waals surface area contributed by atoms with E-state index in [1.807, 2.05) is 42.5 Å². The van der Waals surface area contributed by atoms with Gasteiger partial charge in [0.15, 0.2) is 23.0 Å². The molecule has 4 rings (SSSR count). The fourth-order valence-electron chi connectivity index (χ4n) is 3.24. The average molecular weight is 403 g/mol. The first-order valence-electron chi connectivity index (χ1n) is 9.24. The maximum Gasteiger partial charge on any atom is 0.162 e. The van der Waals surface area contributed by atoms with Crippen LogP contribution in [0.1, 0.15) is 0 Å². The Kier molecular flexibility index (Phi) is 5.26. The van der Waals surface area contributed by atoms with E-state index in [-0.39, 0.29) is 5.75 Å². The van der Waals surface area contributed by atoms with Crippen molar-refractivity contribution in [2.75, 3.05) is 26.6 Å². The number of ether oxygens (including phenoxy) is 3. The van der Waals surface area contributed by atoms with Crippen LogP contribution in [0.4, 0.5) is 11.5 Å². The van der Waals surface area contributed by atoms with E-state index >= 15 is 0 Å². The molecule has 0 saturated carbocycles. The molecule has 0 unspecified atom stereocenters. The van der Waals surface area contributed by atoms with E-state index in [4.69, 9.17) is 14.2 Å². The fourth-order valence-corrected chi connectivity index (χ4v) is 3.24. The van der Waals surface area contributed by atoms with E-state index in [1.54, 1.807) is 26.4 Å². The molecule has 0 aliphatic heterocycles. The second kappa shape index (κ2) is 8.16. The maximum atomic E-state index is 9.87. The number of methoxy groups -OCH3 is 3. The number of hydrogen-bond acceptors (Lipinski definition) is 7. The molecular formula is C23H21N3O4. The SMILES string of the molecule is COc1cc(-c2ccc3ncnc(Nc4ccc(OC)c(OC)c4)c3c2)ccc1O. The molecule has 4 aromatic rings. The number of rotatable bonds is 6. The summed E-state index contributed by atoms with van der Waals surface area (Å²) in [6.45, 7) is 0. The zero-order chi connectivity index (χ0) is 21.1. The van der Waals surface area contributed by atoms with Crippen LogP contribution in [0.15, 0.2) is 60.9 Å². The Labute approximate surface area is 173 Å². The van der Waals surface area contributed by atoms with Gasteiger partial charge in [-0.05, 0) is 47.5 Å². The highest BCUT2D eigenvalue weighted by Crippen LogP contribution is 2.35. The smallest absolute Gasteiger partial charge is 0.162 e. The molecule has 2 N–H and O–H groups in total. The summed E-state index contributed by atoms with van der Waals surface area (Å²) in [5.41, 5.74) is 3.48. The first-order chi connectivity index (χ1) is 14.6. The lowest BCUT2D eigenvalue weighted by atomic mass is 10.0. The Morgan fingerprint density at radius 3 is 2.23 bits per heavy atom. The number of hydrogen-bond donors (Lipinski definition) is 2. The van der Waals surface area contributed by atoms with Crippen LogP contribution in [0.2, 0.25) is 0 Å². The van der Waals surface area contributed by atoms with Crippen LogP contribution in [0.3, 0.4) is 0 Å². The standard InChI is InChI=1S/C23H21N3O4/c1-28-20-9-6-16(12-22(20)30-3)26-23-17-10-14(4-7-18(17)24-13-25-23)15-5-8-19(27)21(11-15)29-2/h4-13,27H,1-3H3,(H,24,25,26). The summed E-state index contributed by atoms with van der Waals surface area (Å²) < 4.78 is 15.9. The van der Waals surface area contributed by atoms with Crippen molar-refractivity contribution in [2.24, 2.45) is 0 Å². The fraction of sp³-hybridized carbons (Fsp3) is 0.130. The summed E-state index contributed by atoms with van der Waals surface area (Å²) in [6, 6.07) is 16.7. The maximum absolute atomic E-state index is 9.87. The number of phenolic OH excluding ortho intramolecular Hbond substituents is 1. The van der Waals surface area contributed by atoms with E-state index in [0.29, 0.717) is 23.1 Å². The van der Waals surface area contributed by atoms with Gasteiger partial charge in [-0.2, -0.15) is 0 Å². The van der Waals surface area contributed by atoms with Crippen LogP contribution in [0.25, 0.3) is 22.0 Å². The van der Waals surface area contributed by atoms with Gasteiger partial charge in [0.1, 0.15) is 12.1 Å². The largest absolute Gasteiger partial charge is 0.504 e. The number of benzene rings is 3. The third-order valence-corrected chi connectivity index (χ3v) is 4.79.